The number of carbonyl (C=O) groups is 2. The first-order valence-corrected chi connectivity index (χ1v) is 6.43. The van der Waals surface area contributed by atoms with Crippen molar-refractivity contribution >= 4 is 11.9 Å². The predicted octanol–water partition coefficient (Wildman–Crippen LogP) is 0.0527. The molecule has 0 bridgehead atoms. The van der Waals surface area contributed by atoms with Gasteiger partial charge in [-0.1, -0.05) is 13.8 Å². The van der Waals surface area contributed by atoms with Gasteiger partial charge in [-0.15, -0.1) is 0 Å². The average Bonchev–Trinajstić information content (AvgIpc) is 2.73. The van der Waals surface area contributed by atoms with E-state index in [0.717, 1.165) is 12.8 Å². The zero-order valence-electron chi connectivity index (χ0n) is 11.1. The van der Waals surface area contributed by atoms with Crippen LogP contribution in [-0.2, 0) is 4.79 Å². The van der Waals surface area contributed by atoms with Crippen LogP contribution >= 0.6 is 0 Å². The lowest BCUT2D eigenvalue weighted by molar-refractivity contribution is -0.135. The van der Waals surface area contributed by atoms with Crippen molar-refractivity contribution in [2.24, 2.45) is 11.7 Å². The molecule has 2 atom stereocenters. The summed E-state index contributed by atoms with van der Waals surface area (Å²) in [7, 11) is 0. The molecule has 1 aliphatic rings. The van der Waals surface area contributed by atoms with Gasteiger partial charge in [-0.2, -0.15) is 0 Å². The SMILES string of the molecule is CC(C)CC(NC(N)=O)C(=O)N1CCC[C@@H]1CO. The Balaban J connectivity index is 2.71. The van der Waals surface area contributed by atoms with E-state index in [4.69, 9.17) is 5.73 Å². The number of aliphatic hydroxyl groups is 1. The maximum atomic E-state index is 12.3. The van der Waals surface area contributed by atoms with Crippen LogP contribution in [0.4, 0.5) is 4.79 Å². The zero-order chi connectivity index (χ0) is 13.7. The summed E-state index contributed by atoms with van der Waals surface area (Å²) in [6, 6.07) is -1.40. The minimum atomic E-state index is -0.686. The highest BCUT2D eigenvalue weighted by Crippen LogP contribution is 2.19. The third-order valence-electron chi connectivity index (χ3n) is 3.19. The molecule has 1 rings (SSSR count). The van der Waals surface area contributed by atoms with E-state index in [1.165, 1.54) is 0 Å². The summed E-state index contributed by atoms with van der Waals surface area (Å²) in [6.45, 7) is 4.57. The fourth-order valence-corrected chi connectivity index (χ4v) is 2.38. The van der Waals surface area contributed by atoms with Crippen LogP contribution in [0.25, 0.3) is 0 Å². The Morgan fingerprint density at radius 3 is 2.67 bits per heavy atom. The maximum Gasteiger partial charge on any atom is 0.312 e. The van der Waals surface area contributed by atoms with Gasteiger partial charge >= 0.3 is 6.03 Å². The highest BCUT2D eigenvalue weighted by atomic mass is 16.3. The molecule has 0 spiro atoms. The normalized spacial score (nSPS) is 21.1. The average molecular weight is 257 g/mol. The first-order valence-electron chi connectivity index (χ1n) is 6.43. The molecule has 0 saturated carbocycles. The number of nitrogens with two attached hydrogens (primary N) is 1. The molecule has 6 nitrogen and oxygen atoms in total. The molecule has 4 N–H and O–H groups in total. The molecule has 1 saturated heterocycles. The Hall–Kier alpha value is -1.30. The second kappa shape index (κ2) is 6.58. The lowest BCUT2D eigenvalue weighted by Gasteiger charge is -2.28. The van der Waals surface area contributed by atoms with E-state index in [1.54, 1.807) is 4.90 Å². The maximum absolute atomic E-state index is 12.3. The number of hydrogen-bond donors (Lipinski definition) is 3. The summed E-state index contributed by atoms with van der Waals surface area (Å²) >= 11 is 0. The Labute approximate surface area is 108 Å². The van der Waals surface area contributed by atoms with Crippen molar-refractivity contribution in [1.29, 1.82) is 0 Å². The van der Waals surface area contributed by atoms with Crippen molar-refractivity contribution in [3.63, 3.8) is 0 Å². The summed E-state index contributed by atoms with van der Waals surface area (Å²) in [4.78, 5) is 24.9. The largest absolute Gasteiger partial charge is 0.394 e. The van der Waals surface area contributed by atoms with Gasteiger partial charge in [0.05, 0.1) is 12.6 Å². The molecule has 1 fully saturated rings. The van der Waals surface area contributed by atoms with Crippen LogP contribution < -0.4 is 11.1 Å². The van der Waals surface area contributed by atoms with Crippen LogP contribution in [-0.4, -0.2) is 47.2 Å². The molecule has 3 amide bonds. The topological polar surface area (TPSA) is 95.7 Å². The van der Waals surface area contributed by atoms with Crippen LogP contribution in [0.3, 0.4) is 0 Å². The Bertz CT molecular complexity index is 307. The number of likely N-dealkylation sites (tertiary alicyclic amines) is 1. The number of aliphatic hydroxyl groups excluding tert-OH is 1. The van der Waals surface area contributed by atoms with Crippen LogP contribution in [0.15, 0.2) is 0 Å². The molecule has 0 aromatic carbocycles. The summed E-state index contributed by atoms with van der Waals surface area (Å²) in [6.07, 6.45) is 2.26. The van der Waals surface area contributed by atoms with Crippen LogP contribution in [0.1, 0.15) is 33.1 Å². The highest BCUT2D eigenvalue weighted by molar-refractivity contribution is 5.87. The molecule has 1 unspecified atom stereocenters. The quantitative estimate of drug-likeness (QED) is 0.649. The van der Waals surface area contributed by atoms with E-state index in [9.17, 15) is 14.7 Å². The molecule has 6 heteroatoms. The highest BCUT2D eigenvalue weighted by Gasteiger charge is 2.33. The van der Waals surface area contributed by atoms with Crippen LogP contribution in [0, 0.1) is 5.92 Å². The second-order valence-electron chi connectivity index (χ2n) is 5.20. The van der Waals surface area contributed by atoms with Gasteiger partial charge in [0, 0.05) is 6.54 Å². The minimum absolute atomic E-state index is 0.0310. The van der Waals surface area contributed by atoms with Gasteiger partial charge in [0.2, 0.25) is 5.91 Å². The van der Waals surface area contributed by atoms with Crippen molar-refractivity contribution in [1.82, 2.24) is 10.2 Å². The zero-order valence-corrected chi connectivity index (χ0v) is 11.1. The predicted molar refractivity (Wildman–Crippen MR) is 67.8 cm³/mol. The third kappa shape index (κ3) is 3.87. The Kier molecular flexibility index (Phi) is 5.40. The van der Waals surface area contributed by atoms with Crippen LogP contribution in [0.2, 0.25) is 0 Å². The van der Waals surface area contributed by atoms with Crippen molar-refractivity contribution < 1.29 is 14.7 Å². The smallest absolute Gasteiger partial charge is 0.312 e. The van der Waals surface area contributed by atoms with E-state index >= 15 is 0 Å². The van der Waals surface area contributed by atoms with Gasteiger partial charge in [0.25, 0.3) is 0 Å². The summed E-state index contributed by atoms with van der Waals surface area (Å²) < 4.78 is 0. The van der Waals surface area contributed by atoms with Gasteiger partial charge in [-0.3, -0.25) is 4.79 Å². The van der Waals surface area contributed by atoms with E-state index in [2.05, 4.69) is 5.32 Å². The molecule has 0 aromatic rings. The molecular weight excluding hydrogens is 234 g/mol. The molecule has 104 valence electrons. The number of primary amides is 1. The summed E-state index contributed by atoms with van der Waals surface area (Å²) in [5, 5.41) is 11.7. The summed E-state index contributed by atoms with van der Waals surface area (Å²) in [5.41, 5.74) is 5.10. The number of rotatable bonds is 5. The first kappa shape index (κ1) is 14.8. The summed E-state index contributed by atoms with van der Waals surface area (Å²) in [5.74, 6) is 0.139. The number of urea groups is 1. The first-order chi connectivity index (χ1) is 8.45. The number of amides is 3. The second-order valence-corrected chi connectivity index (χ2v) is 5.20. The molecule has 0 aliphatic carbocycles. The van der Waals surface area contributed by atoms with E-state index in [-0.39, 0.29) is 24.5 Å². The van der Waals surface area contributed by atoms with E-state index < -0.39 is 12.1 Å². The van der Waals surface area contributed by atoms with Crippen molar-refractivity contribution in [3.05, 3.63) is 0 Å². The lowest BCUT2D eigenvalue weighted by Crippen LogP contribution is -2.52. The van der Waals surface area contributed by atoms with Gasteiger partial charge in [0.1, 0.15) is 6.04 Å². The fraction of sp³-hybridized carbons (Fsp3) is 0.833. The van der Waals surface area contributed by atoms with Gasteiger partial charge in [-0.05, 0) is 25.2 Å². The van der Waals surface area contributed by atoms with Crippen LogP contribution in [0.5, 0.6) is 0 Å². The molecule has 0 aromatic heterocycles. The number of hydrogen-bond acceptors (Lipinski definition) is 3. The number of carbonyl (C=O) groups excluding carboxylic acids is 2. The van der Waals surface area contributed by atoms with Crippen molar-refractivity contribution in [2.45, 2.75) is 45.2 Å². The van der Waals surface area contributed by atoms with E-state index in [1.807, 2.05) is 13.8 Å². The van der Waals surface area contributed by atoms with Crippen molar-refractivity contribution in [2.75, 3.05) is 13.2 Å². The van der Waals surface area contributed by atoms with E-state index in [0.29, 0.717) is 13.0 Å². The van der Waals surface area contributed by atoms with Crippen molar-refractivity contribution in [3.8, 4) is 0 Å². The monoisotopic (exact) mass is 257 g/mol. The molecule has 1 aliphatic heterocycles. The number of nitrogens with zero attached hydrogens (tertiary/aromatic N) is 1. The molecule has 1 heterocycles. The molecular formula is C12H23N3O3. The molecule has 0 radical (unpaired) electrons. The number of nitrogens with one attached hydrogen (secondary N) is 1. The standard InChI is InChI=1S/C12H23N3O3/c1-8(2)6-10(14-12(13)18)11(17)15-5-3-4-9(15)7-16/h8-10,16H,3-7H2,1-2H3,(H3,13,14,18)/t9-,10?/m1/s1. The lowest BCUT2D eigenvalue weighted by atomic mass is 10.0. The minimum Gasteiger partial charge on any atom is -0.394 e. The van der Waals surface area contributed by atoms with Gasteiger partial charge < -0.3 is 21.1 Å². The molecule has 18 heavy (non-hydrogen) atoms. The van der Waals surface area contributed by atoms with Gasteiger partial charge in [0.15, 0.2) is 0 Å². The fourth-order valence-electron chi connectivity index (χ4n) is 2.38. The third-order valence-corrected chi connectivity index (χ3v) is 3.19. The van der Waals surface area contributed by atoms with Gasteiger partial charge in [-0.25, -0.2) is 4.79 Å². The Morgan fingerprint density at radius 2 is 2.17 bits per heavy atom. The Morgan fingerprint density at radius 1 is 1.50 bits per heavy atom.